The summed E-state index contributed by atoms with van der Waals surface area (Å²) in [5, 5.41) is 0. The van der Waals surface area contributed by atoms with Crippen molar-refractivity contribution in [3.63, 3.8) is 0 Å². The first-order valence-electron chi connectivity index (χ1n) is 5.22. The van der Waals surface area contributed by atoms with Gasteiger partial charge in [0.1, 0.15) is 6.10 Å². The molecule has 0 bridgehead atoms. The average Bonchev–Trinajstić information content (AvgIpc) is 2.13. The van der Waals surface area contributed by atoms with Crippen molar-refractivity contribution in [3.05, 3.63) is 12.2 Å². The van der Waals surface area contributed by atoms with E-state index in [1.807, 2.05) is 0 Å². The second-order valence-electron chi connectivity index (χ2n) is 4.53. The summed E-state index contributed by atoms with van der Waals surface area (Å²) >= 11 is 0. The van der Waals surface area contributed by atoms with Gasteiger partial charge in [-0.3, -0.25) is 0 Å². The van der Waals surface area contributed by atoms with E-state index in [2.05, 4.69) is 11.3 Å². The largest absolute Gasteiger partial charge is 0.459 e. The van der Waals surface area contributed by atoms with E-state index in [1.54, 1.807) is 0 Å². The fraction of sp³-hybridized carbons (Fsp3) is 0.727. The molecule has 0 aromatic heterocycles. The molecular formula is C11H14F6O2. The number of hydrogen-bond donors (Lipinski definition) is 0. The van der Waals surface area contributed by atoms with Crippen LogP contribution in [-0.2, 0) is 9.53 Å². The molecule has 2 nitrogen and oxygen atoms in total. The van der Waals surface area contributed by atoms with E-state index in [-0.39, 0.29) is 12.5 Å². The van der Waals surface area contributed by atoms with Crippen LogP contribution in [0.15, 0.2) is 12.2 Å². The summed E-state index contributed by atoms with van der Waals surface area (Å²) in [6.45, 7) is 5.43. The van der Waals surface area contributed by atoms with Gasteiger partial charge in [0, 0.05) is 12.0 Å². The maximum atomic E-state index is 12.6. The van der Waals surface area contributed by atoms with Crippen LogP contribution in [0.4, 0.5) is 26.3 Å². The molecule has 0 amide bonds. The molecule has 1 atom stereocenters. The quantitative estimate of drug-likeness (QED) is 0.444. The van der Waals surface area contributed by atoms with Gasteiger partial charge in [-0.2, -0.15) is 26.3 Å². The predicted octanol–water partition coefficient (Wildman–Crippen LogP) is 4.02. The summed E-state index contributed by atoms with van der Waals surface area (Å²) in [7, 11) is 0. The smallest absolute Gasteiger partial charge is 0.403 e. The lowest BCUT2D eigenvalue weighted by Gasteiger charge is -2.35. The number of halogens is 6. The highest BCUT2D eigenvalue weighted by Gasteiger charge is 2.67. The van der Waals surface area contributed by atoms with Crippen LogP contribution in [0.5, 0.6) is 0 Å². The first-order chi connectivity index (χ1) is 8.22. The van der Waals surface area contributed by atoms with Gasteiger partial charge in [-0.05, 0) is 20.8 Å². The van der Waals surface area contributed by atoms with Crippen LogP contribution in [0.2, 0.25) is 0 Å². The van der Waals surface area contributed by atoms with Crippen molar-refractivity contribution in [2.24, 2.45) is 5.41 Å². The SMILES string of the molecule is C=C(C)C(=O)OC(C)CC(C)(C(F)(F)F)C(F)(F)F. The molecule has 0 aliphatic heterocycles. The summed E-state index contributed by atoms with van der Waals surface area (Å²) in [5.41, 5.74) is -4.04. The van der Waals surface area contributed by atoms with E-state index < -0.39 is 36.3 Å². The lowest BCUT2D eigenvalue weighted by molar-refractivity contribution is -0.340. The molecule has 0 N–H and O–H groups in total. The zero-order valence-electron chi connectivity index (χ0n) is 10.6. The van der Waals surface area contributed by atoms with Crippen molar-refractivity contribution >= 4 is 5.97 Å². The minimum absolute atomic E-state index is 0.0398. The Kier molecular flexibility index (Phi) is 5.08. The van der Waals surface area contributed by atoms with Gasteiger partial charge in [-0.1, -0.05) is 6.58 Å². The standard InChI is InChI=1S/C11H14F6O2/c1-6(2)8(18)19-7(3)5-9(4,10(12,13)14)11(15,16)17/h7H,1,5H2,2-4H3. The molecule has 1 unspecified atom stereocenters. The van der Waals surface area contributed by atoms with Gasteiger partial charge in [-0.15, -0.1) is 0 Å². The molecule has 0 heterocycles. The third-order valence-corrected chi connectivity index (χ3v) is 2.60. The van der Waals surface area contributed by atoms with Crippen molar-refractivity contribution in [2.45, 2.75) is 45.6 Å². The van der Waals surface area contributed by atoms with Gasteiger partial charge in [0.2, 0.25) is 0 Å². The fourth-order valence-corrected chi connectivity index (χ4v) is 1.29. The number of esters is 1. The van der Waals surface area contributed by atoms with Crippen LogP contribution in [0.3, 0.4) is 0 Å². The van der Waals surface area contributed by atoms with Gasteiger partial charge >= 0.3 is 18.3 Å². The molecular weight excluding hydrogens is 278 g/mol. The van der Waals surface area contributed by atoms with Crippen LogP contribution in [0.1, 0.15) is 27.2 Å². The number of ether oxygens (including phenoxy) is 1. The molecule has 0 saturated carbocycles. The van der Waals surface area contributed by atoms with E-state index in [1.165, 1.54) is 6.92 Å². The summed E-state index contributed by atoms with van der Waals surface area (Å²) in [6.07, 6.45) is -13.9. The van der Waals surface area contributed by atoms with Crippen molar-refractivity contribution in [3.8, 4) is 0 Å². The Morgan fingerprint density at radius 1 is 1.16 bits per heavy atom. The number of carbonyl (C=O) groups excluding carboxylic acids is 1. The highest BCUT2D eigenvalue weighted by Crippen LogP contribution is 2.53. The van der Waals surface area contributed by atoms with Crippen molar-refractivity contribution in [1.82, 2.24) is 0 Å². The Bertz CT molecular complexity index is 341. The van der Waals surface area contributed by atoms with E-state index >= 15 is 0 Å². The maximum Gasteiger partial charge on any atom is 0.403 e. The maximum absolute atomic E-state index is 12.6. The predicted molar refractivity (Wildman–Crippen MR) is 55.2 cm³/mol. The van der Waals surface area contributed by atoms with Crippen LogP contribution in [0.25, 0.3) is 0 Å². The van der Waals surface area contributed by atoms with Crippen LogP contribution in [0, 0.1) is 5.41 Å². The summed E-state index contributed by atoms with van der Waals surface area (Å²) in [6, 6.07) is 0. The fourth-order valence-electron chi connectivity index (χ4n) is 1.29. The van der Waals surface area contributed by atoms with Gasteiger partial charge in [-0.25, -0.2) is 4.79 Å². The van der Waals surface area contributed by atoms with Crippen molar-refractivity contribution < 1.29 is 35.9 Å². The van der Waals surface area contributed by atoms with Crippen molar-refractivity contribution in [2.75, 3.05) is 0 Å². The molecule has 8 heteroatoms. The highest BCUT2D eigenvalue weighted by atomic mass is 19.4. The first-order valence-corrected chi connectivity index (χ1v) is 5.22. The minimum atomic E-state index is -5.49. The summed E-state index contributed by atoms with van der Waals surface area (Å²) in [5.74, 6) is -1.03. The Morgan fingerprint density at radius 3 is 1.79 bits per heavy atom. The normalized spacial score (nSPS) is 15.0. The molecule has 0 radical (unpaired) electrons. The third-order valence-electron chi connectivity index (χ3n) is 2.60. The number of hydrogen-bond acceptors (Lipinski definition) is 2. The molecule has 0 aromatic carbocycles. The first kappa shape index (κ1) is 17.8. The van der Waals surface area contributed by atoms with Gasteiger partial charge in [0.15, 0.2) is 5.41 Å². The van der Waals surface area contributed by atoms with E-state index in [9.17, 15) is 31.1 Å². The number of carbonyl (C=O) groups is 1. The topological polar surface area (TPSA) is 26.3 Å². The Labute approximate surface area is 106 Å². The minimum Gasteiger partial charge on any atom is -0.459 e. The summed E-state index contributed by atoms with van der Waals surface area (Å²) in [4.78, 5) is 11.1. The Balaban J connectivity index is 5.07. The number of rotatable bonds is 4. The molecule has 0 spiro atoms. The average molecular weight is 292 g/mol. The highest BCUT2D eigenvalue weighted by molar-refractivity contribution is 5.87. The second-order valence-corrected chi connectivity index (χ2v) is 4.53. The second kappa shape index (κ2) is 5.42. The zero-order chi connectivity index (χ0) is 15.6. The third kappa shape index (κ3) is 4.14. The molecule has 19 heavy (non-hydrogen) atoms. The van der Waals surface area contributed by atoms with Crippen LogP contribution < -0.4 is 0 Å². The Morgan fingerprint density at radius 2 is 1.53 bits per heavy atom. The monoisotopic (exact) mass is 292 g/mol. The van der Waals surface area contributed by atoms with Crippen molar-refractivity contribution in [1.29, 1.82) is 0 Å². The molecule has 0 aliphatic rings. The van der Waals surface area contributed by atoms with Gasteiger partial charge in [0.25, 0.3) is 0 Å². The van der Waals surface area contributed by atoms with E-state index in [0.717, 1.165) is 6.92 Å². The van der Waals surface area contributed by atoms with Crippen LogP contribution in [-0.4, -0.2) is 24.4 Å². The Hall–Kier alpha value is -1.21. The molecule has 0 aliphatic carbocycles. The van der Waals surface area contributed by atoms with E-state index in [4.69, 9.17) is 0 Å². The molecule has 0 saturated heterocycles. The lowest BCUT2D eigenvalue weighted by Crippen LogP contribution is -2.49. The van der Waals surface area contributed by atoms with E-state index in [0.29, 0.717) is 0 Å². The van der Waals surface area contributed by atoms with Gasteiger partial charge < -0.3 is 4.74 Å². The lowest BCUT2D eigenvalue weighted by atomic mass is 9.83. The van der Waals surface area contributed by atoms with Crippen LogP contribution >= 0.6 is 0 Å². The molecule has 0 rings (SSSR count). The number of alkyl halides is 6. The molecule has 0 aromatic rings. The summed E-state index contributed by atoms with van der Waals surface area (Å²) < 4.78 is 79.9. The zero-order valence-corrected chi connectivity index (χ0v) is 10.6. The molecule has 0 fully saturated rings. The van der Waals surface area contributed by atoms with Gasteiger partial charge in [0.05, 0.1) is 0 Å². The molecule has 112 valence electrons.